The first kappa shape index (κ1) is 18.0. The smallest absolute Gasteiger partial charge is 0.242 e. The number of nitrogens with zero attached hydrogens (tertiary/aromatic N) is 1. The van der Waals surface area contributed by atoms with Crippen LogP contribution in [0.3, 0.4) is 0 Å². The van der Waals surface area contributed by atoms with Crippen LogP contribution in [0.25, 0.3) is 0 Å². The topological polar surface area (TPSA) is 66.5 Å². The molecule has 142 valence electrons. The van der Waals surface area contributed by atoms with Gasteiger partial charge in [-0.3, -0.25) is 4.79 Å². The SMILES string of the molecule is CN(C)S(=O)(=O)c1ccc(CNC(=O)C23CC4CC(CC(C4)C2)C3)cc1. The Kier molecular flexibility index (Phi) is 4.39. The summed E-state index contributed by atoms with van der Waals surface area (Å²) in [6.07, 6.45) is 7.16. The Morgan fingerprint density at radius 1 is 1.04 bits per heavy atom. The molecule has 4 aliphatic rings. The molecule has 1 amide bonds. The zero-order valence-corrected chi connectivity index (χ0v) is 16.4. The van der Waals surface area contributed by atoms with Gasteiger partial charge in [-0.25, -0.2) is 12.7 Å². The van der Waals surface area contributed by atoms with Crippen LogP contribution >= 0.6 is 0 Å². The Morgan fingerprint density at radius 2 is 1.54 bits per heavy atom. The zero-order chi connectivity index (χ0) is 18.5. The van der Waals surface area contributed by atoms with E-state index in [9.17, 15) is 13.2 Å². The molecule has 0 unspecified atom stereocenters. The van der Waals surface area contributed by atoms with Gasteiger partial charge in [0.1, 0.15) is 0 Å². The van der Waals surface area contributed by atoms with Gasteiger partial charge in [0.2, 0.25) is 15.9 Å². The molecule has 4 bridgehead atoms. The number of amides is 1. The minimum atomic E-state index is -3.41. The first-order valence-electron chi connectivity index (χ1n) is 9.58. The first-order chi connectivity index (χ1) is 12.3. The Morgan fingerprint density at radius 3 is 2.00 bits per heavy atom. The second-order valence-corrected chi connectivity index (χ2v) is 11.0. The van der Waals surface area contributed by atoms with Crippen molar-refractivity contribution in [1.82, 2.24) is 9.62 Å². The highest BCUT2D eigenvalue weighted by atomic mass is 32.2. The summed E-state index contributed by atoms with van der Waals surface area (Å²) in [5, 5.41) is 3.14. The molecule has 0 heterocycles. The van der Waals surface area contributed by atoms with Crippen LogP contribution in [-0.2, 0) is 21.4 Å². The Labute approximate surface area is 156 Å². The fraction of sp³-hybridized carbons (Fsp3) is 0.650. The van der Waals surface area contributed by atoms with Crippen molar-refractivity contribution in [3.05, 3.63) is 29.8 Å². The number of hydrogen-bond donors (Lipinski definition) is 1. The molecule has 1 N–H and O–H groups in total. The molecular formula is C20H28N2O3S. The number of benzene rings is 1. The summed E-state index contributed by atoms with van der Waals surface area (Å²) >= 11 is 0. The van der Waals surface area contributed by atoms with Gasteiger partial charge in [0.15, 0.2) is 0 Å². The number of sulfonamides is 1. The molecule has 0 aliphatic heterocycles. The van der Waals surface area contributed by atoms with Crippen LogP contribution in [0.5, 0.6) is 0 Å². The monoisotopic (exact) mass is 376 g/mol. The lowest BCUT2D eigenvalue weighted by atomic mass is 9.49. The molecule has 0 saturated heterocycles. The van der Waals surface area contributed by atoms with E-state index in [1.165, 1.54) is 37.7 Å². The molecule has 0 spiro atoms. The molecule has 6 heteroatoms. The minimum Gasteiger partial charge on any atom is -0.352 e. The first-order valence-corrected chi connectivity index (χ1v) is 11.0. The van der Waals surface area contributed by atoms with Crippen LogP contribution in [0.2, 0.25) is 0 Å². The molecule has 0 radical (unpaired) electrons. The number of hydrogen-bond acceptors (Lipinski definition) is 3. The van der Waals surface area contributed by atoms with Gasteiger partial charge >= 0.3 is 0 Å². The summed E-state index contributed by atoms with van der Waals surface area (Å²) in [6.45, 7) is 0.461. The Bertz CT molecular complexity index is 764. The van der Waals surface area contributed by atoms with Gasteiger partial charge in [0.05, 0.1) is 4.90 Å². The highest BCUT2D eigenvalue weighted by Crippen LogP contribution is 2.60. The van der Waals surface area contributed by atoms with E-state index in [2.05, 4.69) is 5.32 Å². The molecule has 0 atom stereocenters. The zero-order valence-electron chi connectivity index (χ0n) is 15.6. The molecule has 4 fully saturated rings. The van der Waals surface area contributed by atoms with Crippen LogP contribution in [0.1, 0.15) is 44.1 Å². The van der Waals surface area contributed by atoms with E-state index in [0.29, 0.717) is 6.54 Å². The summed E-state index contributed by atoms with van der Waals surface area (Å²) < 4.78 is 25.5. The number of carbonyl (C=O) groups is 1. The van der Waals surface area contributed by atoms with Crippen molar-refractivity contribution >= 4 is 15.9 Å². The van der Waals surface area contributed by atoms with Crippen molar-refractivity contribution in [2.45, 2.75) is 50.0 Å². The van der Waals surface area contributed by atoms with Crippen molar-refractivity contribution in [2.75, 3.05) is 14.1 Å². The van der Waals surface area contributed by atoms with E-state index >= 15 is 0 Å². The van der Waals surface area contributed by atoms with E-state index < -0.39 is 10.0 Å². The second kappa shape index (κ2) is 6.34. The summed E-state index contributed by atoms with van der Waals surface area (Å²) in [6, 6.07) is 6.80. The molecule has 0 aromatic heterocycles. The minimum absolute atomic E-state index is 0.136. The average Bonchev–Trinajstić information content (AvgIpc) is 2.58. The highest BCUT2D eigenvalue weighted by molar-refractivity contribution is 7.89. The summed E-state index contributed by atoms with van der Waals surface area (Å²) in [5.41, 5.74) is 0.795. The Hall–Kier alpha value is -1.40. The summed E-state index contributed by atoms with van der Waals surface area (Å²) in [4.78, 5) is 13.2. The number of carbonyl (C=O) groups excluding carboxylic acids is 1. The number of nitrogens with one attached hydrogen (secondary N) is 1. The van der Waals surface area contributed by atoms with Gasteiger partial charge in [-0.1, -0.05) is 12.1 Å². The van der Waals surface area contributed by atoms with E-state index in [1.54, 1.807) is 24.3 Å². The quantitative estimate of drug-likeness (QED) is 0.859. The molecule has 5 nitrogen and oxygen atoms in total. The van der Waals surface area contributed by atoms with Crippen LogP contribution < -0.4 is 5.32 Å². The lowest BCUT2D eigenvalue weighted by Crippen LogP contribution is -2.53. The van der Waals surface area contributed by atoms with Crippen molar-refractivity contribution < 1.29 is 13.2 Å². The van der Waals surface area contributed by atoms with Gasteiger partial charge in [-0.05, 0) is 74.0 Å². The summed E-state index contributed by atoms with van der Waals surface area (Å²) in [7, 11) is -0.364. The maximum Gasteiger partial charge on any atom is 0.242 e. The van der Waals surface area contributed by atoms with Gasteiger partial charge in [-0.2, -0.15) is 0 Å². The molecule has 1 aromatic rings. The predicted octanol–water partition coefficient (Wildman–Crippen LogP) is 2.77. The van der Waals surface area contributed by atoms with E-state index in [1.807, 2.05) is 0 Å². The van der Waals surface area contributed by atoms with Crippen molar-refractivity contribution in [2.24, 2.45) is 23.2 Å². The molecule has 4 saturated carbocycles. The third-order valence-electron chi connectivity index (χ3n) is 6.67. The molecule has 5 rings (SSSR count). The predicted molar refractivity (Wildman–Crippen MR) is 99.8 cm³/mol. The summed E-state index contributed by atoms with van der Waals surface area (Å²) in [5.74, 6) is 2.47. The normalized spacial score (nSPS) is 32.8. The maximum atomic E-state index is 13.0. The lowest BCUT2D eigenvalue weighted by molar-refractivity contribution is -0.146. The lowest BCUT2D eigenvalue weighted by Gasteiger charge is -2.55. The molecule has 26 heavy (non-hydrogen) atoms. The van der Waals surface area contributed by atoms with Crippen molar-refractivity contribution in [1.29, 1.82) is 0 Å². The standard InChI is InChI=1S/C20H28N2O3S/c1-22(2)26(24,25)18-5-3-14(4-6-18)13-21-19(23)20-10-15-7-16(11-20)9-17(8-15)12-20/h3-6,15-17H,7-13H2,1-2H3,(H,21,23). The van der Waals surface area contributed by atoms with E-state index in [4.69, 9.17) is 0 Å². The third kappa shape index (κ3) is 3.07. The Balaban J connectivity index is 1.41. The second-order valence-electron chi connectivity index (χ2n) is 8.81. The molecular weight excluding hydrogens is 348 g/mol. The van der Waals surface area contributed by atoms with Crippen molar-refractivity contribution in [3.8, 4) is 0 Å². The van der Waals surface area contributed by atoms with Crippen molar-refractivity contribution in [3.63, 3.8) is 0 Å². The van der Waals surface area contributed by atoms with E-state index in [0.717, 1.165) is 42.6 Å². The highest BCUT2D eigenvalue weighted by Gasteiger charge is 2.54. The largest absolute Gasteiger partial charge is 0.352 e. The van der Waals surface area contributed by atoms with Gasteiger partial charge in [0.25, 0.3) is 0 Å². The van der Waals surface area contributed by atoms with E-state index in [-0.39, 0.29) is 16.2 Å². The number of rotatable bonds is 5. The van der Waals surface area contributed by atoms with Crippen LogP contribution in [0.4, 0.5) is 0 Å². The maximum absolute atomic E-state index is 13.0. The third-order valence-corrected chi connectivity index (χ3v) is 8.50. The van der Waals surface area contributed by atoms with Crippen LogP contribution in [0.15, 0.2) is 29.2 Å². The molecule has 1 aromatic carbocycles. The van der Waals surface area contributed by atoms with Crippen LogP contribution in [0, 0.1) is 23.2 Å². The van der Waals surface area contributed by atoms with Crippen LogP contribution in [-0.4, -0.2) is 32.7 Å². The van der Waals surface area contributed by atoms with Gasteiger partial charge in [-0.15, -0.1) is 0 Å². The molecule has 4 aliphatic carbocycles. The van der Waals surface area contributed by atoms with Gasteiger partial charge < -0.3 is 5.32 Å². The fourth-order valence-corrected chi connectivity index (χ4v) is 6.65. The average molecular weight is 377 g/mol. The fourth-order valence-electron chi connectivity index (χ4n) is 5.75. The van der Waals surface area contributed by atoms with Gasteiger partial charge in [0, 0.05) is 26.1 Å².